The minimum Gasteiger partial charge on any atom is -0.378 e. The summed E-state index contributed by atoms with van der Waals surface area (Å²) in [4.78, 5) is 15.0. The van der Waals surface area contributed by atoms with Gasteiger partial charge in [-0.1, -0.05) is 24.3 Å². The number of fused-ring (bicyclic) bond motifs is 1. The Morgan fingerprint density at radius 3 is 2.64 bits per heavy atom. The molecule has 2 aliphatic rings. The number of carbonyl (C=O) groups is 1. The molecule has 2 aromatic rings. The molecule has 1 fully saturated rings. The zero-order chi connectivity index (χ0) is 19.3. The van der Waals surface area contributed by atoms with Gasteiger partial charge in [0, 0.05) is 30.5 Å². The van der Waals surface area contributed by atoms with Gasteiger partial charge in [-0.2, -0.15) is 0 Å². The van der Waals surface area contributed by atoms with Gasteiger partial charge in [-0.25, -0.2) is 0 Å². The lowest BCUT2D eigenvalue weighted by Gasteiger charge is -2.29. The predicted molar refractivity (Wildman–Crippen MR) is 113 cm³/mol. The van der Waals surface area contributed by atoms with E-state index in [1.165, 1.54) is 16.8 Å². The molecule has 28 heavy (non-hydrogen) atoms. The van der Waals surface area contributed by atoms with E-state index in [4.69, 9.17) is 4.74 Å². The van der Waals surface area contributed by atoms with Crippen LogP contribution in [-0.4, -0.2) is 38.3 Å². The monoisotopic (exact) mass is 379 g/mol. The van der Waals surface area contributed by atoms with Crippen LogP contribution in [0.2, 0.25) is 0 Å². The van der Waals surface area contributed by atoms with Crippen LogP contribution in [0.1, 0.15) is 36.9 Å². The number of hydrogen-bond donors (Lipinski definition) is 2. The first kappa shape index (κ1) is 19.0. The molecule has 2 N–H and O–H groups in total. The van der Waals surface area contributed by atoms with E-state index in [9.17, 15) is 4.79 Å². The lowest BCUT2D eigenvalue weighted by Crippen LogP contribution is -2.41. The predicted octanol–water partition coefficient (Wildman–Crippen LogP) is 3.52. The van der Waals surface area contributed by atoms with Crippen molar-refractivity contribution in [3.63, 3.8) is 0 Å². The normalized spacial score (nSPS) is 20.3. The largest absolute Gasteiger partial charge is 0.378 e. The smallest absolute Gasteiger partial charge is 0.241 e. The highest BCUT2D eigenvalue weighted by molar-refractivity contribution is 5.94. The van der Waals surface area contributed by atoms with Crippen molar-refractivity contribution in [3.05, 3.63) is 59.7 Å². The molecule has 1 aliphatic carbocycles. The molecule has 2 aromatic carbocycles. The van der Waals surface area contributed by atoms with Crippen LogP contribution < -0.4 is 15.5 Å². The molecule has 4 rings (SSSR count). The molecule has 0 saturated carbocycles. The maximum Gasteiger partial charge on any atom is 0.241 e. The summed E-state index contributed by atoms with van der Waals surface area (Å²) in [7, 11) is 0. The highest BCUT2D eigenvalue weighted by Crippen LogP contribution is 2.29. The Kier molecular flexibility index (Phi) is 5.93. The van der Waals surface area contributed by atoms with Gasteiger partial charge >= 0.3 is 0 Å². The quantitative estimate of drug-likeness (QED) is 0.835. The van der Waals surface area contributed by atoms with Crippen molar-refractivity contribution in [1.82, 2.24) is 5.32 Å². The van der Waals surface area contributed by atoms with E-state index in [2.05, 4.69) is 51.9 Å². The van der Waals surface area contributed by atoms with E-state index in [0.29, 0.717) is 0 Å². The summed E-state index contributed by atoms with van der Waals surface area (Å²) in [6.07, 6.45) is 3.36. The summed E-state index contributed by atoms with van der Waals surface area (Å²) in [6, 6.07) is 16.6. The topological polar surface area (TPSA) is 53.6 Å². The highest BCUT2D eigenvalue weighted by Gasteiger charge is 2.23. The van der Waals surface area contributed by atoms with E-state index in [0.717, 1.165) is 51.3 Å². The standard InChI is InChI=1S/C23H29N3O2/c1-17(24-22-8-4-6-18-5-2-3-7-21(18)22)23(27)25-19-9-11-20(12-10-19)26-13-15-28-16-14-26/h2-3,5,7,9-12,17,22,24H,4,6,8,13-16H2,1H3,(H,25,27)/t17-,22+/m1/s1. The Hall–Kier alpha value is -2.37. The van der Waals surface area contributed by atoms with Crippen LogP contribution in [0, 0.1) is 0 Å². The van der Waals surface area contributed by atoms with Crippen LogP contribution in [0.5, 0.6) is 0 Å². The van der Waals surface area contributed by atoms with Gasteiger partial charge in [-0.3, -0.25) is 10.1 Å². The van der Waals surface area contributed by atoms with Crippen LogP contribution in [0.3, 0.4) is 0 Å². The molecule has 2 atom stereocenters. The van der Waals surface area contributed by atoms with Crippen molar-refractivity contribution < 1.29 is 9.53 Å². The van der Waals surface area contributed by atoms with Gasteiger partial charge in [0.05, 0.1) is 19.3 Å². The minimum atomic E-state index is -0.255. The van der Waals surface area contributed by atoms with Crippen molar-refractivity contribution in [3.8, 4) is 0 Å². The first-order valence-corrected chi connectivity index (χ1v) is 10.3. The molecule has 0 radical (unpaired) electrons. The van der Waals surface area contributed by atoms with E-state index < -0.39 is 0 Å². The second-order valence-corrected chi connectivity index (χ2v) is 7.67. The van der Waals surface area contributed by atoms with E-state index in [1.54, 1.807) is 0 Å². The summed E-state index contributed by atoms with van der Waals surface area (Å²) in [5.41, 5.74) is 4.74. The molecular weight excluding hydrogens is 350 g/mol. The third-order valence-electron chi connectivity index (χ3n) is 5.72. The Balaban J connectivity index is 1.34. The number of morpholine rings is 1. The van der Waals surface area contributed by atoms with Crippen LogP contribution in [-0.2, 0) is 16.0 Å². The molecule has 148 valence electrons. The molecule has 0 bridgehead atoms. The van der Waals surface area contributed by atoms with Gasteiger partial charge in [-0.15, -0.1) is 0 Å². The molecule has 5 nitrogen and oxygen atoms in total. The Morgan fingerprint density at radius 2 is 1.86 bits per heavy atom. The van der Waals surface area contributed by atoms with E-state index >= 15 is 0 Å². The molecule has 1 saturated heterocycles. The number of aryl methyl sites for hydroxylation is 1. The fourth-order valence-corrected chi connectivity index (χ4v) is 4.13. The first-order chi connectivity index (χ1) is 13.7. The molecule has 0 unspecified atom stereocenters. The van der Waals surface area contributed by atoms with Crippen LogP contribution in [0.15, 0.2) is 48.5 Å². The SMILES string of the molecule is C[C@@H](N[C@H]1CCCc2ccccc21)C(=O)Nc1ccc(N2CCOCC2)cc1. The number of hydrogen-bond acceptors (Lipinski definition) is 4. The number of nitrogens with one attached hydrogen (secondary N) is 2. The molecule has 1 amide bonds. The fourth-order valence-electron chi connectivity index (χ4n) is 4.13. The first-order valence-electron chi connectivity index (χ1n) is 10.3. The van der Waals surface area contributed by atoms with Gasteiger partial charge in [-0.05, 0) is 61.6 Å². The summed E-state index contributed by atoms with van der Waals surface area (Å²) >= 11 is 0. The second-order valence-electron chi connectivity index (χ2n) is 7.67. The summed E-state index contributed by atoms with van der Waals surface area (Å²) < 4.78 is 5.40. The lowest BCUT2D eigenvalue weighted by molar-refractivity contribution is -0.118. The number of anilines is 2. The van der Waals surface area contributed by atoms with Crippen LogP contribution in [0.4, 0.5) is 11.4 Å². The Labute approximate surface area is 167 Å². The van der Waals surface area contributed by atoms with Crippen LogP contribution >= 0.6 is 0 Å². The van der Waals surface area contributed by atoms with Crippen molar-refractivity contribution in [1.29, 1.82) is 0 Å². The fraction of sp³-hybridized carbons (Fsp3) is 0.435. The number of ether oxygens (including phenoxy) is 1. The van der Waals surface area contributed by atoms with Gasteiger partial charge in [0.25, 0.3) is 0 Å². The third kappa shape index (κ3) is 4.37. The summed E-state index contributed by atoms with van der Waals surface area (Å²) in [6.45, 7) is 5.30. The van der Waals surface area contributed by atoms with E-state index in [-0.39, 0.29) is 18.0 Å². The summed E-state index contributed by atoms with van der Waals surface area (Å²) in [5, 5.41) is 6.56. The highest BCUT2D eigenvalue weighted by atomic mass is 16.5. The maximum atomic E-state index is 12.7. The maximum absolute atomic E-state index is 12.7. The minimum absolute atomic E-state index is 0.00202. The van der Waals surface area contributed by atoms with Crippen molar-refractivity contribution in [2.75, 3.05) is 36.5 Å². The number of rotatable bonds is 5. The van der Waals surface area contributed by atoms with E-state index in [1.807, 2.05) is 19.1 Å². The molecule has 0 aromatic heterocycles. The molecule has 1 heterocycles. The lowest BCUT2D eigenvalue weighted by atomic mass is 9.87. The second kappa shape index (κ2) is 8.76. The Morgan fingerprint density at radius 1 is 1.11 bits per heavy atom. The van der Waals surface area contributed by atoms with Gasteiger partial charge < -0.3 is 15.0 Å². The molecular formula is C23H29N3O2. The van der Waals surface area contributed by atoms with Crippen molar-refractivity contribution >= 4 is 17.3 Å². The Bertz CT molecular complexity index is 800. The molecule has 1 aliphatic heterocycles. The number of carbonyl (C=O) groups excluding carboxylic acids is 1. The summed E-state index contributed by atoms with van der Waals surface area (Å²) in [5.74, 6) is 0.00202. The number of amides is 1. The molecule has 5 heteroatoms. The van der Waals surface area contributed by atoms with Gasteiger partial charge in [0.15, 0.2) is 0 Å². The molecule has 0 spiro atoms. The average molecular weight is 380 g/mol. The van der Waals surface area contributed by atoms with Gasteiger partial charge in [0.2, 0.25) is 5.91 Å². The third-order valence-corrected chi connectivity index (χ3v) is 5.72. The van der Waals surface area contributed by atoms with Crippen LogP contribution in [0.25, 0.3) is 0 Å². The number of benzene rings is 2. The van der Waals surface area contributed by atoms with Crippen molar-refractivity contribution in [2.24, 2.45) is 0 Å². The van der Waals surface area contributed by atoms with Gasteiger partial charge in [0.1, 0.15) is 0 Å². The van der Waals surface area contributed by atoms with Crippen molar-refractivity contribution in [2.45, 2.75) is 38.3 Å². The zero-order valence-corrected chi connectivity index (χ0v) is 16.5. The zero-order valence-electron chi connectivity index (χ0n) is 16.5. The average Bonchev–Trinajstić information content (AvgIpc) is 2.75. The number of nitrogens with zero attached hydrogens (tertiary/aromatic N) is 1.